The summed E-state index contributed by atoms with van der Waals surface area (Å²) >= 11 is 0. The number of aliphatic hydroxyl groups is 1. The van der Waals surface area contributed by atoms with Gasteiger partial charge in [0.2, 0.25) is 0 Å². The van der Waals surface area contributed by atoms with Crippen molar-refractivity contribution in [1.29, 1.82) is 5.26 Å². The molecule has 1 unspecified atom stereocenters. The average molecular weight is 503 g/mol. The summed E-state index contributed by atoms with van der Waals surface area (Å²) in [6, 6.07) is 12.8. The lowest BCUT2D eigenvalue weighted by atomic mass is 10.2. The van der Waals surface area contributed by atoms with Crippen LogP contribution in [0.1, 0.15) is 5.56 Å². The van der Waals surface area contributed by atoms with Crippen molar-refractivity contribution in [3.8, 4) is 17.6 Å². The standard InChI is InChI=1S/C24H26N10O3/c1-36-21-12-19-20(13-22(21)37-11-10-34-29-16-28-31-34)26-15-27-23(19)32-6-8-33(9-7-32)24(35)30-18-4-2-17(14-25)3-5-18/h2-5,12-13,15-16,24,30,35H,6-11H2,1H3. The van der Waals surface area contributed by atoms with Crippen molar-refractivity contribution in [3.63, 3.8) is 0 Å². The van der Waals surface area contributed by atoms with Crippen LogP contribution in [0.5, 0.6) is 11.5 Å². The van der Waals surface area contributed by atoms with Gasteiger partial charge in [0.15, 0.2) is 24.2 Å². The topological polar surface area (TPSA) is 150 Å². The summed E-state index contributed by atoms with van der Waals surface area (Å²) in [6.07, 6.45) is 2.08. The molecular weight excluding hydrogens is 476 g/mol. The van der Waals surface area contributed by atoms with Crippen LogP contribution in [-0.2, 0) is 6.54 Å². The number of hydrogen-bond acceptors (Lipinski definition) is 12. The highest BCUT2D eigenvalue weighted by molar-refractivity contribution is 5.92. The molecule has 0 aliphatic carbocycles. The minimum absolute atomic E-state index is 0.344. The first kappa shape index (κ1) is 24.2. The van der Waals surface area contributed by atoms with Crippen molar-refractivity contribution in [2.24, 2.45) is 0 Å². The normalized spacial score (nSPS) is 14.8. The zero-order valence-corrected chi connectivity index (χ0v) is 20.2. The van der Waals surface area contributed by atoms with E-state index in [0.29, 0.717) is 56.4 Å². The van der Waals surface area contributed by atoms with Crippen LogP contribution in [0.2, 0.25) is 0 Å². The maximum atomic E-state index is 10.7. The molecule has 1 aliphatic rings. The van der Waals surface area contributed by atoms with Gasteiger partial charge in [-0.25, -0.2) is 9.97 Å². The van der Waals surface area contributed by atoms with Crippen LogP contribution in [-0.4, -0.2) is 86.4 Å². The second-order valence-electron chi connectivity index (χ2n) is 8.33. The molecule has 1 fully saturated rings. The predicted molar refractivity (Wildman–Crippen MR) is 134 cm³/mol. The fourth-order valence-corrected chi connectivity index (χ4v) is 4.16. The zero-order valence-electron chi connectivity index (χ0n) is 20.2. The summed E-state index contributed by atoms with van der Waals surface area (Å²) in [4.78, 5) is 14.6. The number of aromatic nitrogens is 6. The van der Waals surface area contributed by atoms with E-state index in [0.717, 1.165) is 22.4 Å². The maximum absolute atomic E-state index is 10.7. The van der Waals surface area contributed by atoms with Crippen LogP contribution < -0.4 is 19.7 Å². The van der Waals surface area contributed by atoms with E-state index in [1.54, 1.807) is 37.7 Å². The van der Waals surface area contributed by atoms with E-state index in [1.807, 2.05) is 17.0 Å². The van der Waals surface area contributed by atoms with Gasteiger partial charge in [0.05, 0.1) is 30.8 Å². The Morgan fingerprint density at radius 3 is 2.59 bits per heavy atom. The molecule has 0 spiro atoms. The first-order valence-electron chi connectivity index (χ1n) is 11.7. The Labute approximate surface area is 212 Å². The highest BCUT2D eigenvalue weighted by Crippen LogP contribution is 2.35. The first-order chi connectivity index (χ1) is 18.1. The van der Waals surface area contributed by atoms with E-state index >= 15 is 0 Å². The number of anilines is 2. The van der Waals surface area contributed by atoms with Gasteiger partial charge in [-0.2, -0.15) is 10.1 Å². The van der Waals surface area contributed by atoms with Crippen LogP contribution in [0.25, 0.3) is 10.9 Å². The Hall–Kier alpha value is -4.54. The minimum atomic E-state index is -0.843. The number of fused-ring (bicyclic) bond motifs is 1. The fourth-order valence-electron chi connectivity index (χ4n) is 4.16. The largest absolute Gasteiger partial charge is 0.493 e. The van der Waals surface area contributed by atoms with Crippen LogP contribution in [0.3, 0.4) is 0 Å². The van der Waals surface area contributed by atoms with Gasteiger partial charge in [-0.3, -0.25) is 4.90 Å². The molecule has 0 amide bonds. The molecule has 190 valence electrons. The van der Waals surface area contributed by atoms with Gasteiger partial charge in [-0.1, -0.05) is 0 Å². The van der Waals surface area contributed by atoms with Crippen LogP contribution in [0.15, 0.2) is 49.1 Å². The Morgan fingerprint density at radius 2 is 1.89 bits per heavy atom. The highest BCUT2D eigenvalue weighted by atomic mass is 16.5. The summed E-state index contributed by atoms with van der Waals surface area (Å²) in [6.45, 7) is 3.39. The molecule has 2 aromatic carbocycles. The van der Waals surface area contributed by atoms with E-state index in [1.165, 1.54) is 11.1 Å². The van der Waals surface area contributed by atoms with Gasteiger partial charge in [0.25, 0.3) is 0 Å². The predicted octanol–water partition coefficient (Wildman–Crippen LogP) is 1.09. The average Bonchev–Trinajstić information content (AvgIpc) is 3.46. The van der Waals surface area contributed by atoms with Gasteiger partial charge in [-0.05, 0) is 35.5 Å². The minimum Gasteiger partial charge on any atom is -0.493 e. The number of aliphatic hydroxyl groups excluding tert-OH is 1. The van der Waals surface area contributed by atoms with Crippen molar-refractivity contribution in [2.75, 3.05) is 50.1 Å². The Kier molecular flexibility index (Phi) is 7.20. The molecule has 0 bridgehead atoms. The summed E-state index contributed by atoms with van der Waals surface area (Å²) in [5, 5.41) is 35.0. The zero-order chi connectivity index (χ0) is 25.6. The molecule has 0 saturated carbocycles. The van der Waals surface area contributed by atoms with E-state index in [-0.39, 0.29) is 0 Å². The SMILES string of the molecule is COc1cc2c(N3CCN(C(O)Nc4ccc(C#N)cc4)CC3)ncnc2cc1OCCn1ncnn1. The third-order valence-corrected chi connectivity index (χ3v) is 6.11. The third kappa shape index (κ3) is 5.50. The molecule has 13 heteroatoms. The number of hydrogen-bond donors (Lipinski definition) is 2. The number of methoxy groups -OCH3 is 1. The Morgan fingerprint density at radius 1 is 1.08 bits per heavy atom. The molecular formula is C24H26N10O3. The van der Waals surface area contributed by atoms with E-state index in [4.69, 9.17) is 14.7 Å². The van der Waals surface area contributed by atoms with Crippen molar-refractivity contribution >= 4 is 22.4 Å². The molecule has 37 heavy (non-hydrogen) atoms. The molecule has 3 heterocycles. The Balaban J connectivity index is 1.25. The Bertz CT molecular complexity index is 1370. The molecule has 13 nitrogen and oxygen atoms in total. The molecule has 0 radical (unpaired) electrons. The summed E-state index contributed by atoms with van der Waals surface area (Å²) in [7, 11) is 1.59. The van der Waals surface area contributed by atoms with E-state index in [9.17, 15) is 5.11 Å². The summed E-state index contributed by atoms with van der Waals surface area (Å²) in [5.74, 6) is 1.95. The van der Waals surface area contributed by atoms with Crippen molar-refractivity contribution in [3.05, 3.63) is 54.6 Å². The van der Waals surface area contributed by atoms with Crippen LogP contribution in [0, 0.1) is 11.3 Å². The number of rotatable bonds is 9. The molecule has 5 rings (SSSR count). The second-order valence-corrected chi connectivity index (χ2v) is 8.33. The van der Waals surface area contributed by atoms with Crippen molar-refractivity contribution in [2.45, 2.75) is 12.9 Å². The number of tetrazole rings is 1. The molecule has 4 aromatic rings. The quantitative estimate of drug-likeness (QED) is 0.315. The fraction of sp³-hybridized carbons (Fsp3) is 0.333. The molecule has 2 aromatic heterocycles. The van der Waals surface area contributed by atoms with Crippen LogP contribution >= 0.6 is 0 Å². The number of piperazine rings is 1. The lowest BCUT2D eigenvalue weighted by molar-refractivity contribution is 0.0225. The van der Waals surface area contributed by atoms with E-state index in [2.05, 4.69) is 41.7 Å². The summed E-state index contributed by atoms with van der Waals surface area (Å²) in [5.41, 5.74) is 2.06. The monoisotopic (exact) mass is 502 g/mol. The van der Waals surface area contributed by atoms with E-state index < -0.39 is 6.35 Å². The maximum Gasteiger partial charge on any atom is 0.184 e. The van der Waals surface area contributed by atoms with Gasteiger partial charge in [0, 0.05) is 43.3 Å². The molecule has 1 aliphatic heterocycles. The smallest absolute Gasteiger partial charge is 0.184 e. The van der Waals surface area contributed by atoms with Crippen molar-refractivity contribution in [1.82, 2.24) is 35.1 Å². The first-order valence-corrected chi connectivity index (χ1v) is 11.7. The molecule has 1 atom stereocenters. The summed E-state index contributed by atoms with van der Waals surface area (Å²) < 4.78 is 11.5. The number of nitrogens with zero attached hydrogens (tertiary/aromatic N) is 9. The molecule has 1 saturated heterocycles. The van der Waals surface area contributed by atoms with Crippen LogP contribution in [0.4, 0.5) is 11.5 Å². The molecule has 2 N–H and O–H groups in total. The number of nitriles is 1. The lowest BCUT2D eigenvalue weighted by Gasteiger charge is -2.38. The second kappa shape index (κ2) is 11.0. The number of benzene rings is 2. The van der Waals surface area contributed by atoms with Gasteiger partial charge >= 0.3 is 0 Å². The van der Waals surface area contributed by atoms with Gasteiger partial charge < -0.3 is 24.8 Å². The third-order valence-electron chi connectivity index (χ3n) is 6.11. The number of ether oxygens (including phenoxy) is 2. The van der Waals surface area contributed by atoms with Crippen molar-refractivity contribution < 1.29 is 14.6 Å². The number of nitrogens with one attached hydrogen (secondary N) is 1. The highest BCUT2D eigenvalue weighted by Gasteiger charge is 2.25. The van der Waals surface area contributed by atoms with Gasteiger partial charge in [-0.15, -0.1) is 10.2 Å². The van der Waals surface area contributed by atoms with Gasteiger partial charge in [0.1, 0.15) is 18.8 Å². The lowest BCUT2D eigenvalue weighted by Crippen LogP contribution is -2.52.